The van der Waals surface area contributed by atoms with Crippen molar-refractivity contribution in [2.75, 3.05) is 6.61 Å². The molecular weight excluding hydrogens is 212 g/mol. The third kappa shape index (κ3) is 1.68. The summed E-state index contributed by atoms with van der Waals surface area (Å²) < 4.78 is 1.51. The van der Waals surface area contributed by atoms with E-state index in [1.165, 1.54) is 15.9 Å². The maximum atomic E-state index is 12.0. The molecule has 0 unspecified atom stereocenters. The minimum atomic E-state index is -0.0594. The number of hydrogen-bond acceptors (Lipinski definition) is 4. The van der Waals surface area contributed by atoms with Gasteiger partial charge in [-0.3, -0.25) is 9.36 Å². The van der Waals surface area contributed by atoms with Crippen molar-refractivity contribution in [2.45, 2.75) is 20.4 Å². The molecule has 0 fully saturated rings. The molecule has 0 aliphatic heterocycles. The summed E-state index contributed by atoms with van der Waals surface area (Å²) in [6, 6.07) is 1.85. The molecule has 0 aromatic carbocycles. The summed E-state index contributed by atoms with van der Waals surface area (Å²) in [6.45, 7) is 4.00. The van der Waals surface area contributed by atoms with Crippen LogP contribution in [0.15, 0.2) is 10.9 Å². The van der Waals surface area contributed by atoms with Gasteiger partial charge in [-0.2, -0.15) is 0 Å². The maximum absolute atomic E-state index is 12.0. The van der Waals surface area contributed by atoms with Crippen molar-refractivity contribution in [3.05, 3.63) is 27.1 Å². The molecule has 0 atom stereocenters. The van der Waals surface area contributed by atoms with Crippen LogP contribution in [0.25, 0.3) is 10.2 Å². The van der Waals surface area contributed by atoms with E-state index in [2.05, 4.69) is 4.98 Å². The predicted molar refractivity (Wildman–Crippen MR) is 60.4 cm³/mol. The Labute approximate surface area is 90.8 Å². The lowest BCUT2D eigenvalue weighted by molar-refractivity contribution is 0.272. The summed E-state index contributed by atoms with van der Waals surface area (Å²) in [5, 5.41) is 9.51. The Morgan fingerprint density at radius 2 is 2.27 bits per heavy atom. The fourth-order valence-corrected chi connectivity index (χ4v) is 2.52. The third-order valence-electron chi connectivity index (χ3n) is 2.29. The summed E-state index contributed by atoms with van der Waals surface area (Å²) in [6.07, 6.45) is 0. The van der Waals surface area contributed by atoms with Crippen LogP contribution in [0, 0.1) is 13.8 Å². The van der Waals surface area contributed by atoms with Crippen LogP contribution < -0.4 is 5.56 Å². The normalized spacial score (nSPS) is 11.1. The van der Waals surface area contributed by atoms with Gasteiger partial charge < -0.3 is 5.11 Å². The van der Waals surface area contributed by atoms with Crippen LogP contribution in [0.1, 0.15) is 10.7 Å². The lowest BCUT2D eigenvalue weighted by atomic mass is 10.3. The molecular formula is C10H12N2O2S. The molecule has 0 saturated heterocycles. The molecule has 0 saturated carbocycles. The highest BCUT2D eigenvalue weighted by Gasteiger charge is 2.09. The third-order valence-corrected chi connectivity index (χ3v) is 3.23. The van der Waals surface area contributed by atoms with Crippen molar-refractivity contribution in [3.63, 3.8) is 0 Å². The van der Waals surface area contributed by atoms with E-state index in [-0.39, 0.29) is 12.2 Å². The Kier molecular flexibility index (Phi) is 2.58. The second-order valence-corrected chi connectivity index (χ2v) is 4.65. The lowest BCUT2D eigenvalue weighted by Gasteiger charge is -2.06. The van der Waals surface area contributed by atoms with Crippen molar-refractivity contribution in [1.82, 2.24) is 9.55 Å². The zero-order valence-corrected chi connectivity index (χ0v) is 9.47. The van der Waals surface area contributed by atoms with E-state index < -0.39 is 0 Å². The molecule has 0 radical (unpaired) electrons. The van der Waals surface area contributed by atoms with Crippen LogP contribution in [0.5, 0.6) is 0 Å². The molecule has 4 nitrogen and oxygen atoms in total. The number of fused-ring (bicyclic) bond motifs is 1. The number of aromatic nitrogens is 2. The molecule has 0 aliphatic carbocycles. The summed E-state index contributed by atoms with van der Waals surface area (Å²) in [7, 11) is 0. The first kappa shape index (κ1) is 10.3. The first-order chi connectivity index (χ1) is 7.13. The molecule has 2 rings (SSSR count). The van der Waals surface area contributed by atoms with Gasteiger partial charge in [-0.05, 0) is 19.9 Å². The average Bonchev–Trinajstić information content (AvgIpc) is 2.53. The number of nitrogens with zero attached hydrogens (tertiary/aromatic N) is 2. The van der Waals surface area contributed by atoms with Crippen LogP contribution >= 0.6 is 11.3 Å². The highest BCUT2D eigenvalue weighted by atomic mass is 32.1. The number of aliphatic hydroxyl groups excluding tert-OH is 1. The van der Waals surface area contributed by atoms with Crippen LogP contribution in [-0.2, 0) is 6.54 Å². The lowest BCUT2D eigenvalue weighted by Crippen LogP contribution is -2.24. The van der Waals surface area contributed by atoms with Crippen molar-refractivity contribution in [3.8, 4) is 0 Å². The Morgan fingerprint density at radius 1 is 1.53 bits per heavy atom. The van der Waals surface area contributed by atoms with Crippen molar-refractivity contribution < 1.29 is 5.11 Å². The fraction of sp³-hybridized carbons (Fsp3) is 0.400. The quantitative estimate of drug-likeness (QED) is 0.830. The van der Waals surface area contributed by atoms with Gasteiger partial charge in [0.1, 0.15) is 10.7 Å². The zero-order valence-electron chi connectivity index (χ0n) is 8.65. The number of aliphatic hydroxyl groups is 1. The van der Waals surface area contributed by atoms with Gasteiger partial charge in [0.15, 0.2) is 0 Å². The van der Waals surface area contributed by atoms with Gasteiger partial charge in [0, 0.05) is 4.88 Å². The molecule has 1 N–H and O–H groups in total. The molecule has 5 heteroatoms. The topological polar surface area (TPSA) is 55.1 Å². The largest absolute Gasteiger partial charge is 0.395 e. The first-order valence-corrected chi connectivity index (χ1v) is 5.53. The van der Waals surface area contributed by atoms with Crippen LogP contribution in [0.3, 0.4) is 0 Å². The predicted octanol–water partition coefficient (Wildman–Crippen LogP) is 1.07. The van der Waals surface area contributed by atoms with Crippen molar-refractivity contribution >= 4 is 21.6 Å². The van der Waals surface area contributed by atoms with Gasteiger partial charge in [0.25, 0.3) is 5.56 Å². The van der Waals surface area contributed by atoms with Gasteiger partial charge in [0.2, 0.25) is 0 Å². The van der Waals surface area contributed by atoms with Crippen molar-refractivity contribution in [2.24, 2.45) is 0 Å². The van der Waals surface area contributed by atoms with Gasteiger partial charge in [-0.1, -0.05) is 0 Å². The van der Waals surface area contributed by atoms with E-state index in [0.29, 0.717) is 17.8 Å². The zero-order chi connectivity index (χ0) is 11.0. The molecule has 0 aliphatic rings. The van der Waals surface area contributed by atoms with E-state index in [1.807, 2.05) is 13.0 Å². The maximum Gasteiger partial charge on any atom is 0.262 e. The Bertz CT molecular complexity index is 556. The van der Waals surface area contributed by atoms with E-state index >= 15 is 0 Å². The first-order valence-electron chi connectivity index (χ1n) is 4.72. The molecule has 2 aromatic heterocycles. The van der Waals surface area contributed by atoms with E-state index in [0.717, 1.165) is 9.71 Å². The average molecular weight is 224 g/mol. The molecule has 2 heterocycles. The number of rotatable bonds is 2. The molecule has 0 bridgehead atoms. The van der Waals surface area contributed by atoms with Gasteiger partial charge in [0.05, 0.1) is 18.5 Å². The highest BCUT2D eigenvalue weighted by Crippen LogP contribution is 2.20. The summed E-state index contributed by atoms with van der Waals surface area (Å²) >= 11 is 1.52. The van der Waals surface area contributed by atoms with E-state index in [1.54, 1.807) is 6.92 Å². The van der Waals surface area contributed by atoms with Gasteiger partial charge in [-0.15, -0.1) is 11.3 Å². The number of thiophene rings is 1. The monoisotopic (exact) mass is 224 g/mol. The van der Waals surface area contributed by atoms with Crippen LogP contribution in [-0.4, -0.2) is 21.3 Å². The Hall–Kier alpha value is -1.20. The van der Waals surface area contributed by atoms with Crippen LogP contribution in [0.4, 0.5) is 0 Å². The minimum Gasteiger partial charge on any atom is -0.395 e. The minimum absolute atomic E-state index is 0.0446. The van der Waals surface area contributed by atoms with Gasteiger partial charge in [-0.25, -0.2) is 4.98 Å². The smallest absolute Gasteiger partial charge is 0.262 e. The SMILES string of the molecule is Cc1cc2c(=O)n(CCO)c(C)nc2s1. The molecule has 0 spiro atoms. The fourth-order valence-electron chi connectivity index (χ4n) is 1.60. The molecule has 80 valence electrons. The van der Waals surface area contributed by atoms with E-state index in [9.17, 15) is 4.79 Å². The Balaban J connectivity index is 2.77. The number of aryl methyl sites for hydroxylation is 2. The highest BCUT2D eigenvalue weighted by molar-refractivity contribution is 7.18. The van der Waals surface area contributed by atoms with Crippen LogP contribution in [0.2, 0.25) is 0 Å². The Morgan fingerprint density at radius 3 is 2.93 bits per heavy atom. The molecule has 0 amide bonds. The number of hydrogen-bond donors (Lipinski definition) is 1. The summed E-state index contributed by atoms with van der Waals surface area (Å²) in [5.74, 6) is 0.656. The van der Waals surface area contributed by atoms with Crippen molar-refractivity contribution in [1.29, 1.82) is 0 Å². The summed E-state index contributed by atoms with van der Waals surface area (Å²) in [5.41, 5.74) is -0.0594. The molecule has 2 aromatic rings. The molecule has 15 heavy (non-hydrogen) atoms. The second-order valence-electron chi connectivity index (χ2n) is 3.42. The van der Waals surface area contributed by atoms with E-state index in [4.69, 9.17) is 5.11 Å². The van der Waals surface area contributed by atoms with Gasteiger partial charge >= 0.3 is 0 Å². The summed E-state index contributed by atoms with van der Waals surface area (Å²) in [4.78, 5) is 18.2. The standard InChI is InChI=1S/C10H12N2O2S/c1-6-5-8-9(15-6)11-7(2)12(3-4-13)10(8)14/h5,13H,3-4H2,1-2H3. The second kappa shape index (κ2) is 3.75.